The number of carbonyl (C=O) groups excluding carboxylic acids is 4. The fourth-order valence-corrected chi connectivity index (χ4v) is 15.4. The first-order chi connectivity index (χ1) is 59.8. The second-order valence-corrected chi connectivity index (χ2v) is 32.4. The van der Waals surface area contributed by atoms with Crippen LogP contribution < -0.4 is 22.5 Å². The number of allylic oxidation sites excluding steroid dienone is 4. The average molecular weight is 1750 g/mol. The zero-order valence-corrected chi connectivity index (χ0v) is 73.5. The summed E-state index contributed by atoms with van der Waals surface area (Å²) in [4.78, 5) is 75.3. The maximum Gasteiger partial charge on any atom is 0.329 e. The number of aryl methyl sites for hydroxylation is 1. The molecular weight excluding hydrogens is 1610 g/mol. The number of benzene rings is 1. The molecule has 2 aliphatic heterocycles. The number of esters is 1. The number of aliphatic hydroxyl groups is 5. The number of hydrogen-bond donors (Lipinski definition) is 9. The van der Waals surface area contributed by atoms with E-state index < -0.39 is 90.3 Å². The Morgan fingerprint density at radius 3 is 2.10 bits per heavy atom. The van der Waals surface area contributed by atoms with Crippen molar-refractivity contribution in [3.63, 3.8) is 0 Å². The van der Waals surface area contributed by atoms with E-state index in [0.717, 1.165) is 28.9 Å². The Bertz CT molecular complexity index is 4160. The van der Waals surface area contributed by atoms with E-state index in [1.807, 2.05) is 52.0 Å². The molecule has 0 bridgehead atoms. The summed E-state index contributed by atoms with van der Waals surface area (Å²) in [6, 6.07) is 3.51. The number of fused-ring (bicyclic) bond motifs is 2. The fourth-order valence-electron chi connectivity index (χ4n) is 15.4. The van der Waals surface area contributed by atoms with Crippen LogP contribution in [-0.4, -0.2) is 299 Å². The highest BCUT2D eigenvalue weighted by atomic mass is 16.6. The number of nitrogen functional groups attached to an aromatic ring is 2. The van der Waals surface area contributed by atoms with Crippen LogP contribution in [0.1, 0.15) is 150 Å². The number of aliphatic hydroxyl groups excluding tert-OH is 4. The highest BCUT2D eigenvalue weighted by Gasteiger charge is 2.50. The zero-order chi connectivity index (χ0) is 89.3. The molecule has 4 aromatic heterocycles. The fraction of sp³-hybridized carbons (Fsp3) is 0.690. The van der Waals surface area contributed by atoms with Crippen LogP contribution in [0.2, 0.25) is 0 Å². The molecule has 12 N–H and O–H groups in total. The smallest absolute Gasteiger partial charge is 0.329 e. The van der Waals surface area contributed by atoms with E-state index in [1.165, 1.54) is 13.4 Å². The second kappa shape index (κ2) is 54.1. The van der Waals surface area contributed by atoms with Crippen molar-refractivity contribution in [1.82, 2.24) is 49.9 Å². The number of piperidine rings is 1. The van der Waals surface area contributed by atoms with Gasteiger partial charge >= 0.3 is 5.97 Å². The summed E-state index contributed by atoms with van der Waals surface area (Å²) in [6.45, 7) is 22.4. The number of carbonyl (C=O) groups is 4. The third kappa shape index (κ3) is 32.9. The number of nitrogens with one attached hydrogen (secondary N) is 1. The van der Waals surface area contributed by atoms with E-state index >= 15 is 0 Å². The molecule has 2 amide bonds. The molecular formula is C87H136N14O23. The summed E-state index contributed by atoms with van der Waals surface area (Å²) < 4.78 is 77.4. The normalized spacial score (nSPS) is 20.8. The lowest BCUT2D eigenvalue weighted by Crippen LogP contribution is -2.58. The van der Waals surface area contributed by atoms with E-state index in [-0.39, 0.29) is 80.8 Å². The maximum atomic E-state index is 14.6. The second-order valence-electron chi connectivity index (χ2n) is 32.4. The van der Waals surface area contributed by atoms with Gasteiger partial charge in [0.2, 0.25) is 11.7 Å². The number of anilines is 2. The number of oxime groups is 1. The largest absolute Gasteiger partial charge is 0.459 e. The van der Waals surface area contributed by atoms with Crippen molar-refractivity contribution in [1.29, 1.82) is 0 Å². The number of hydrogen-bond acceptors (Lipinski definition) is 33. The number of nitrogens with two attached hydrogens (primary N) is 3. The van der Waals surface area contributed by atoms with E-state index in [0.29, 0.717) is 228 Å². The monoisotopic (exact) mass is 1740 g/mol. The first-order valence-electron chi connectivity index (χ1n) is 43.6. The Balaban J connectivity index is 0.649. The van der Waals surface area contributed by atoms with Gasteiger partial charge in [0.15, 0.2) is 17.8 Å². The molecule has 37 nitrogen and oxygen atoms in total. The first kappa shape index (κ1) is 101. The topological polar surface area (TPSA) is 495 Å². The van der Waals surface area contributed by atoms with Gasteiger partial charge in [-0.3, -0.25) is 14.4 Å². The number of ketones is 1. The lowest BCUT2D eigenvalue weighted by molar-refractivity contribution is -0.245. The summed E-state index contributed by atoms with van der Waals surface area (Å²) in [5.41, 5.74) is 24.1. The number of likely N-dealkylation sites (tertiary alicyclic amines) is 1. The van der Waals surface area contributed by atoms with Crippen LogP contribution in [0.25, 0.3) is 33.4 Å². The molecule has 14 atom stereocenters. The molecule has 37 heteroatoms. The molecule has 1 aliphatic carbocycles. The quantitative estimate of drug-likeness (QED) is 0.00396. The van der Waals surface area contributed by atoms with Gasteiger partial charge in [-0.05, 0) is 132 Å². The highest BCUT2D eigenvalue weighted by molar-refractivity contribution is 6.39. The Morgan fingerprint density at radius 1 is 0.782 bits per heavy atom. The average Bonchev–Trinajstić information content (AvgIpc) is 1.58. The Hall–Kier alpha value is -8.19. The van der Waals surface area contributed by atoms with Crippen LogP contribution in [0.3, 0.4) is 0 Å². The number of aromatic nitrogens is 8. The van der Waals surface area contributed by atoms with Gasteiger partial charge < -0.3 is 119 Å². The first-order valence-corrected chi connectivity index (χ1v) is 43.6. The van der Waals surface area contributed by atoms with Crippen molar-refractivity contribution in [3.05, 3.63) is 84.5 Å². The molecule has 6 heterocycles. The van der Waals surface area contributed by atoms with Gasteiger partial charge in [-0.15, -0.1) is 5.10 Å². The van der Waals surface area contributed by atoms with Crippen LogP contribution in [0, 0.1) is 23.7 Å². The third-order valence-corrected chi connectivity index (χ3v) is 22.3. The van der Waals surface area contributed by atoms with Gasteiger partial charge in [-0.1, -0.05) is 75.0 Å². The van der Waals surface area contributed by atoms with Gasteiger partial charge in [0.05, 0.1) is 160 Å². The summed E-state index contributed by atoms with van der Waals surface area (Å²) in [5.74, 6) is -6.16. The Morgan fingerprint density at radius 2 is 1.45 bits per heavy atom. The molecule has 1 aromatic carbocycles. The summed E-state index contributed by atoms with van der Waals surface area (Å²) >= 11 is 0. The molecule has 0 unspecified atom stereocenters. The van der Waals surface area contributed by atoms with Crippen molar-refractivity contribution in [2.24, 2.45) is 34.6 Å². The van der Waals surface area contributed by atoms with E-state index in [9.17, 15) is 44.7 Å². The van der Waals surface area contributed by atoms with Gasteiger partial charge in [0.1, 0.15) is 53.4 Å². The Labute approximate surface area is 726 Å². The van der Waals surface area contributed by atoms with Crippen molar-refractivity contribution in [2.45, 2.75) is 231 Å². The van der Waals surface area contributed by atoms with E-state index in [2.05, 4.69) is 42.3 Å². The standard InChI is InChI=1S/C87H136N14O23/c1-10-11-12-18-58(4)72(111-8)52-65-19-17-26-87(110,124-65)81(107)84(108)100-28-15-13-20-68(100)85(109)122-73(66(88)49-62-21-23-69(102)74(50-62)112-9)53-70(103)59(5)48-61(7)79(105)80(106)77(60(6)47-57(2)3)97-121-55-64-54-99(98-95-64)30-32-114-34-36-116-38-40-118-42-44-120-46-45-119-43-41-117-39-37-115-35-33-113-31-25-75(104)91-27-14-16-29-101-83-76(82(89)92-56-93-83)78(96-101)63-22-24-71-67(51-63)94-86(90)123-71/h10-12,18,22,24,48,51,54,56-57,59-60,62,65-66,68-70,72-74,79-80,102-103,105-106,110H,1,13-17,19-21,23,25-47,49-50,52-53,55,88H2,2-9H3,(H2,90,94)(H,91,104)(H2,89,92,93)/b12-11+,58-18+,61-48+,97-77+/t59-,60-,62+,65+,66-,68+,69-,70-,72+,73+,74-,79-,80+,87-/m1/s1. The van der Waals surface area contributed by atoms with Crippen LogP contribution in [0.4, 0.5) is 11.8 Å². The summed E-state index contributed by atoms with van der Waals surface area (Å²) in [7, 11) is 3.10. The van der Waals surface area contributed by atoms with Crippen molar-refractivity contribution >= 4 is 63.2 Å². The molecule has 0 spiro atoms. The minimum atomic E-state index is -2.44. The lowest BCUT2D eigenvalue weighted by atomic mass is 9.80. The third-order valence-electron chi connectivity index (χ3n) is 22.3. The van der Waals surface area contributed by atoms with Gasteiger partial charge in [0, 0.05) is 83.0 Å². The van der Waals surface area contributed by atoms with Crippen molar-refractivity contribution < 1.29 is 111 Å². The molecule has 0 radical (unpaired) electrons. The number of ether oxygens (including phenoxy) is 12. The number of nitrogens with zero attached hydrogens (tertiary/aromatic N) is 10. The predicted octanol–water partition coefficient (Wildman–Crippen LogP) is 6.23. The number of Topliss-reactive ketones (excluding diaryl/α,β-unsaturated/α-hetero) is 1. The number of methoxy groups -OCH3 is 2. The predicted molar refractivity (Wildman–Crippen MR) is 460 cm³/mol. The molecule has 8 rings (SSSR count). The lowest BCUT2D eigenvalue weighted by Gasteiger charge is -2.40. The molecule has 3 aliphatic rings. The summed E-state index contributed by atoms with van der Waals surface area (Å²) in [5, 5.41) is 79.2. The van der Waals surface area contributed by atoms with Crippen LogP contribution >= 0.6 is 0 Å². The molecule has 5 aromatic rings. The minimum Gasteiger partial charge on any atom is -0.459 e. The van der Waals surface area contributed by atoms with Crippen LogP contribution in [0.5, 0.6) is 0 Å². The van der Waals surface area contributed by atoms with Gasteiger partial charge in [-0.2, -0.15) is 10.1 Å². The molecule has 692 valence electrons. The number of rotatable bonds is 60. The Kier molecular flexibility index (Phi) is 44.2. The molecule has 1 saturated carbocycles. The number of oxazole rings is 1. The SMILES string of the molecule is C=C/C=C/C=C(\C)[C@H](C[C@@H]1CCC[C@](O)(C(=O)C(=O)N2CCCC[C@H]2C(=O)O[C@@H](C[C@@H](O)[C@H](C)/C=C(\C)[C@@H](O)[C@@H](O)/C(=N/OCc2cn(CCOCCOCCOCCOCCOCCOCCOCCOCCC(=O)NCCCCn3nc(-c4ccc5oc(N)nc5c4)c4c(N)ncnc43)nn2)[C@H](C)CC(C)C)[C@H](N)C[C@@H]2CC[C@@H](O)[C@H](OC)C2)O1)OC. The summed E-state index contributed by atoms with van der Waals surface area (Å²) in [6.07, 6.45) is 10.8. The number of unbranched alkanes of at least 4 members (excludes halogenated alkanes) is 1. The molecule has 3 fully saturated rings. The van der Waals surface area contributed by atoms with Gasteiger partial charge in [-0.25, -0.2) is 24.1 Å². The highest BCUT2D eigenvalue weighted by Crippen LogP contribution is 2.37. The van der Waals surface area contributed by atoms with Crippen molar-refractivity contribution in [3.8, 4) is 11.3 Å². The van der Waals surface area contributed by atoms with Crippen molar-refractivity contribution in [2.75, 3.05) is 144 Å². The molecule has 124 heavy (non-hydrogen) atoms. The van der Waals surface area contributed by atoms with E-state index in [4.69, 9.17) is 88.4 Å². The number of amides is 2. The van der Waals surface area contributed by atoms with E-state index in [1.54, 1.807) is 60.8 Å². The minimum absolute atomic E-state index is 0.0324. The molecule has 2 saturated heterocycles. The van der Waals surface area contributed by atoms with Crippen LogP contribution in [0.15, 0.2) is 88.4 Å². The maximum absolute atomic E-state index is 14.6. The zero-order valence-electron chi connectivity index (χ0n) is 73.5. The van der Waals surface area contributed by atoms with Gasteiger partial charge in [0.25, 0.3) is 17.7 Å². The van der Waals surface area contributed by atoms with Crippen LogP contribution in [-0.2, 0) is 101 Å².